The molecule has 0 aromatic carbocycles. The van der Waals surface area contributed by atoms with E-state index >= 15 is 0 Å². The first kappa shape index (κ1) is 11.1. The van der Waals surface area contributed by atoms with E-state index in [4.69, 9.17) is 9.72 Å². The standard InChI is InChI=1S/C13H19N3O/c1-9-15-12-7-14-5-4-11(12)13(16-9)10-3-2-6-17-8-10/h10,14H,2-8H2,1H3. The van der Waals surface area contributed by atoms with Crippen molar-refractivity contribution < 1.29 is 4.74 Å². The Labute approximate surface area is 102 Å². The van der Waals surface area contributed by atoms with Crippen LogP contribution in [0.15, 0.2) is 0 Å². The maximum absolute atomic E-state index is 5.59. The van der Waals surface area contributed by atoms with Crippen molar-refractivity contribution in [1.82, 2.24) is 15.3 Å². The minimum absolute atomic E-state index is 0.484. The highest BCUT2D eigenvalue weighted by molar-refractivity contribution is 5.31. The van der Waals surface area contributed by atoms with Gasteiger partial charge < -0.3 is 10.1 Å². The second kappa shape index (κ2) is 4.70. The van der Waals surface area contributed by atoms with E-state index in [1.54, 1.807) is 0 Å². The van der Waals surface area contributed by atoms with Gasteiger partial charge in [-0.3, -0.25) is 0 Å². The maximum Gasteiger partial charge on any atom is 0.125 e. The molecule has 0 amide bonds. The van der Waals surface area contributed by atoms with Crippen molar-refractivity contribution in [2.24, 2.45) is 0 Å². The van der Waals surface area contributed by atoms with Gasteiger partial charge in [0.25, 0.3) is 0 Å². The van der Waals surface area contributed by atoms with Crippen LogP contribution in [0.3, 0.4) is 0 Å². The molecule has 1 N–H and O–H groups in total. The molecule has 1 aromatic heterocycles. The van der Waals surface area contributed by atoms with Crippen LogP contribution in [0.5, 0.6) is 0 Å². The minimum atomic E-state index is 0.484. The van der Waals surface area contributed by atoms with Crippen molar-refractivity contribution >= 4 is 0 Å². The zero-order valence-electron chi connectivity index (χ0n) is 10.3. The SMILES string of the molecule is Cc1nc2c(c(C3CCCOC3)n1)CCNC2. The van der Waals surface area contributed by atoms with Gasteiger partial charge in [-0.2, -0.15) is 0 Å². The normalized spacial score (nSPS) is 24.4. The molecule has 1 fully saturated rings. The molecule has 0 radical (unpaired) electrons. The van der Waals surface area contributed by atoms with Crippen LogP contribution in [0.25, 0.3) is 0 Å². The zero-order valence-corrected chi connectivity index (χ0v) is 10.3. The summed E-state index contributed by atoms with van der Waals surface area (Å²) in [5.41, 5.74) is 3.84. The van der Waals surface area contributed by atoms with Gasteiger partial charge >= 0.3 is 0 Å². The number of hydrogen-bond donors (Lipinski definition) is 1. The van der Waals surface area contributed by atoms with Gasteiger partial charge in [-0.15, -0.1) is 0 Å². The molecule has 3 heterocycles. The van der Waals surface area contributed by atoms with Crippen molar-refractivity contribution in [1.29, 1.82) is 0 Å². The third kappa shape index (κ3) is 2.19. The fraction of sp³-hybridized carbons (Fsp3) is 0.692. The summed E-state index contributed by atoms with van der Waals surface area (Å²) in [7, 11) is 0. The van der Waals surface area contributed by atoms with Crippen LogP contribution < -0.4 is 5.32 Å². The lowest BCUT2D eigenvalue weighted by molar-refractivity contribution is 0.0788. The lowest BCUT2D eigenvalue weighted by Gasteiger charge is -2.26. The third-order valence-corrected chi connectivity index (χ3v) is 3.63. The molecule has 4 heteroatoms. The molecule has 0 spiro atoms. The van der Waals surface area contributed by atoms with Crippen molar-refractivity contribution in [2.45, 2.75) is 38.6 Å². The van der Waals surface area contributed by atoms with Crippen LogP contribution in [0, 0.1) is 6.92 Å². The highest BCUT2D eigenvalue weighted by Gasteiger charge is 2.24. The van der Waals surface area contributed by atoms with Crippen LogP contribution in [0.4, 0.5) is 0 Å². The van der Waals surface area contributed by atoms with E-state index in [1.807, 2.05) is 6.92 Å². The smallest absolute Gasteiger partial charge is 0.125 e. The topological polar surface area (TPSA) is 47.0 Å². The second-order valence-corrected chi connectivity index (χ2v) is 4.92. The van der Waals surface area contributed by atoms with Crippen LogP contribution in [0.2, 0.25) is 0 Å². The second-order valence-electron chi connectivity index (χ2n) is 4.92. The summed E-state index contributed by atoms with van der Waals surface area (Å²) in [5.74, 6) is 1.38. The average Bonchev–Trinajstić information content (AvgIpc) is 2.39. The first-order chi connectivity index (χ1) is 8.34. The van der Waals surface area contributed by atoms with E-state index < -0.39 is 0 Å². The van der Waals surface area contributed by atoms with Crippen molar-refractivity contribution in [3.63, 3.8) is 0 Å². The Hall–Kier alpha value is -1.00. The van der Waals surface area contributed by atoms with Gasteiger partial charge in [0.1, 0.15) is 5.82 Å². The summed E-state index contributed by atoms with van der Waals surface area (Å²) in [5, 5.41) is 3.38. The van der Waals surface area contributed by atoms with Crippen LogP contribution in [-0.2, 0) is 17.7 Å². The molecule has 17 heavy (non-hydrogen) atoms. The van der Waals surface area contributed by atoms with Gasteiger partial charge in [0, 0.05) is 19.1 Å². The number of hydrogen-bond acceptors (Lipinski definition) is 4. The molecule has 92 valence electrons. The van der Waals surface area contributed by atoms with Gasteiger partial charge in [0.15, 0.2) is 0 Å². The average molecular weight is 233 g/mol. The molecule has 2 aliphatic rings. The minimum Gasteiger partial charge on any atom is -0.381 e. The van der Waals surface area contributed by atoms with E-state index in [0.29, 0.717) is 5.92 Å². The van der Waals surface area contributed by atoms with Gasteiger partial charge in [0.05, 0.1) is 18.0 Å². The van der Waals surface area contributed by atoms with E-state index in [0.717, 1.165) is 45.0 Å². The molecule has 1 atom stereocenters. The summed E-state index contributed by atoms with van der Waals surface area (Å²) < 4.78 is 5.59. The van der Waals surface area contributed by atoms with Crippen molar-refractivity contribution in [3.8, 4) is 0 Å². The fourth-order valence-electron chi connectivity index (χ4n) is 2.81. The van der Waals surface area contributed by atoms with E-state index in [1.165, 1.54) is 23.4 Å². The molecule has 0 aliphatic carbocycles. The van der Waals surface area contributed by atoms with Crippen molar-refractivity contribution in [2.75, 3.05) is 19.8 Å². The van der Waals surface area contributed by atoms with E-state index in [9.17, 15) is 0 Å². The maximum atomic E-state index is 5.59. The highest BCUT2D eigenvalue weighted by atomic mass is 16.5. The van der Waals surface area contributed by atoms with Gasteiger partial charge in [-0.05, 0) is 38.3 Å². The Balaban J connectivity index is 1.98. The monoisotopic (exact) mass is 233 g/mol. The number of rotatable bonds is 1. The quantitative estimate of drug-likeness (QED) is 0.795. The largest absolute Gasteiger partial charge is 0.381 e. The number of ether oxygens (including phenoxy) is 1. The predicted octanol–water partition coefficient (Wildman–Crippen LogP) is 1.32. The van der Waals surface area contributed by atoms with Crippen LogP contribution in [0.1, 0.15) is 41.5 Å². The number of nitrogens with zero attached hydrogens (tertiary/aromatic N) is 2. The number of aryl methyl sites for hydroxylation is 1. The number of fused-ring (bicyclic) bond motifs is 1. The Bertz CT molecular complexity index is 413. The van der Waals surface area contributed by atoms with Gasteiger partial charge in [-0.1, -0.05) is 0 Å². The molecule has 2 aliphatic heterocycles. The molecule has 1 saturated heterocycles. The lowest BCUT2D eigenvalue weighted by Crippen LogP contribution is -2.29. The fourth-order valence-corrected chi connectivity index (χ4v) is 2.81. The van der Waals surface area contributed by atoms with Crippen molar-refractivity contribution in [3.05, 3.63) is 22.8 Å². The van der Waals surface area contributed by atoms with Crippen LogP contribution >= 0.6 is 0 Å². The summed E-state index contributed by atoms with van der Waals surface area (Å²) in [6.45, 7) is 5.65. The molecule has 1 unspecified atom stereocenters. The Morgan fingerprint density at radius 3 is 3.12 bits per heavy atom. The molecule has 0 saturated carbocycles. The van der Waals surface area contributed by atoms with Crippen LogP contribution in [-0.4, -0.2) is 29.7 Å². The first-order valence-corrected chi connectivity index (χ1v) is 6.49. The number of aromatic nitrogens is 2. The third-order valence-electron chi connectivity index (χ3n) is 3.63. The lowest BCUT2D eigenvalue weighted by atomic mass is 9.91. The Morgan fingerprint density at radius 1 is 1.35 bits per heavy atom. The molecule has 4 nitrogen and oxygen atoms in total. The van der Waals surface area contributed by atoms with E-state index in [2.05, 4.69) is 10.3 Å². The summed E-state index contributed by atoms with van der Waals surface area (Å²) in [6.07, 6.45) is 3.42. The highest BCUT2D eigenvalue weighted by Crippen LogP contribution is 2.29. The summed E-state index contributed by atoms with van der Waals surface area (Å²) in [4.78, 5) is 9.25. The zero-order chi connectivity index (χ0) is 11.7. The Kier molecular flexibility index (Phi) is 3.07. The Morgan fingerprint density at radius 2 is 2.29 bits per heavy atom. The molecule has 3 rings (SSSR count). The van der Waals surface area contributed by atoms with Gasteiger partial charge in [-0.25, -0.2) is 9.97 Å². The predicted molar refractivity (Wildman–Crippen MR) is 65.0 cm³/mol. The number of nitrogens with one attached hydrogen (secondary N) is 1. The molecular formula is C13H19N3O. The van der Waals surface area contributed by atoms with E-state index in [-0.39, 0.29) is 0 Å². The van der Waals surface area contributed by atoms with Gasteiger partial charge in [0.2, 0.25) is 0 Å². The molecule has 1 aromatic rings. The first-order valence-electron chi connectivity index (χ1n) is 6.49. The summed E-state index contributed by atoms with van der Waals surface area (Å²) >= 11 is 0. The molecule has 0 bridgehead atoms. The summed E-state index contributed by atoms with van der Waals surface area (Å²) in [6, 6.07) is 0. The molecular weight excluding hydrogens is 214 g/mol.